The topological polar surface area (TPSA) is 3.24 Å². The summed E-state index contributed by atoms with van der Waals surface area (Å²) in [6, 6.07) is 5.40. The number of anilines is 1. The van der Waals surface area contributed by atoms with Crippen LogP contribution in [0.15, 0.2) is 18.2 Å². The summed E-state index contributed by atoms with van der Waals surface area (Å²) in [7, 11) is 0. The van der Waals surface area contributed by atoms with E-state index in [2.05, 4.69) is 34.7 Å². The second-order valence-electron chi connectivity index (χ2n) is 5.25. The first-order valence-corrected chi connectivity index (χ1v) is 7.86. The third-order valence-electron chi connectivity index (χ3n) is 4.51. The van der Waals surface area contributed by atoms with Crippen LogP contribution in [0.25, 0.3) is 0 Å². The molecule has 0 saturated carbocycles. The number of alkyl halides is 1. The van der Waals surface area contributed by atoms with Gasteiger partial charge in [0.05, 0.1) is 0 Å². The van der Waals surface area contributed by atoms with Crippen LogP contribution in [0.4, 0.5) is 10.1 Å². The molecule has 18 heavy (non-hydrogen) atoms. The molecule has 1 saturated heterocycles. The van der Waals surface area contributed by atoms with Gasteiger partial charge in [-0.15, -0.1) is 0 Å². The van der Waals surface area contributed by atoms with Gasteiger partial charge in [-0.1, -0.05) is 35.8 Å². The third-order valence-corrected chi connectivity index (χ3v) is 5.07. The normalized spacial score (nSPS) is 18.3. The molecule has 1 aliphatic rings. The van der Waals surface area contributed by atoms with E-state index in [9.17, 15) is 4.39 Å². The number of nitrogens with zero attached hydrogens (tertiary/aromatic N) is 1. The molecular formula is C15H21BrFN. The summed E-state index contributed by atoms with van der Waals surface area (Å²) in [5.41, 5.74) is 2.28. The summed E-state index contributed by atoms with van der Waals surface area (Å²) in [6.45, 7) is 6.64. The first-order valence-electron chi connectivity index (χ1n) is 6.74. The van der Waals surface area contributed by atoms with Crippen LogP contribution < -0.4 is 4.90 Å². The fourth-order valence-corrected chi connectivity index (χ4v) is 3.50. The molecule has 100 valence electrons. The molecule has 1 heterocycles. The van der Waals surface area contributed by atoms with Gasteiger partial charge in [-0.25, -0.2) is 4.39 Å². The summed E-state index contributed by atoms with van der Waals surface area (Å²) in [5.74, 6) is -0.102. The predicted molar refractivity (Wildman–Crippen MR) is 78.9 cm³/mol. The molecule has 0 atom stereocenters. The molecule has 0 aromatic heterocycles. The van der Waals surface area contributed by atoms with Gasteiger partial charge in [0, 0.05) is 29.7 Å². The van der Waals surface area contributed by atoms with E-state index in [1.807, 2.05) is 12.1 Å². The van der Waals surface area contributed by atoms with Crippen LogP contribution in [0.1, 0.15) is 38.7 Å². The molecule has 3 heteroatoms. The van der Waals surface area contributed by atoms with E-state index in [0.29, 0.717) is 10.7 Å². The predicted octanol–water partition coefficient (Wildman–Crippen LogP) is 4.74. The molecule has 0 N–H and O–H groups in total. The van der Waals surface area contributed by atoms with Crippen molar-refractivity contribution in [3.8, 4) is 0 Å². The van der Waals surface area contributed by atoms with Crippen molar-refractivity contribution >= 4 is 21.6 Å². The molecule has 0 bridgehead atoms. The average Bonchev–Trinajstić information content (AvgIpc) is 2.83. The van der Waals surface area contributed by atoms with Gasteiger partial charge < -0.3 is 4.90 Å². The Labute approximate surface area is 118 Å². The van der Waals surface area contributed by atoms with Gasteiger partial charge in [0.25, 0.3) is 0 Å². The van der Waals surface area contributed by atoms with Gasteiger partial charge in [0.15, 0.2) is 0 Å². The van der Waals surface area contributed by atoms with E-state index in [4.69, 9.17) is 0 Å². The lowest BCUT2D eigenvalue weighted by atomic mass is 9.82. The second kappa shape index (κ2) is 5.60. The van der Waals surface area contributed by atoms with Gasteiger partial charge in [0.1, 0.15) is 5.82 Å². The standard InChI is InChI=1S/C15H21BrFN/c1-3-15(4-2)8-9-18(11-15)14-7-5-6-13(17)12(14)10-16/h5-7H,3-4,8-11H2,1-2H3. The number of rotatable bonds is 4. The number of hydrogen-bond acceptors (Lipinski definition) is 1. The van der Waals surface area contributed by atoms with Crippen LogP contribution in [0.3, 0.4) is 0 Å². The van der Waals surface area contributed by atoms with Crippen molar-refractivity contribution in [2.75, 3.05) is 18.0 Å². The molecule has 2 rings (SSSR count). The van der Waals surface area contributed by atoms with Crippen LogP contribution in [-0.2, 0) is 5.33 Å². The van der Waals surface area contributed by atoms with Gasteiger partial charge in [-0.3, -0.25) is 0 Å². The van der Waals surface area contributed by atoms with Crippen molar-refractivity contribution in [2.24, 2.45) is 5.41 Å². The summed E-state index contributed by atoms with van der Waals surface area (Å²) in [4.78, 5) is 2.35. The second-order valence-corrected chi connectivity index (χ2v) is 5.81. The zero-order chi connectivity index (χ0) is 13.2. The summed E-state index contributed by atoms with van der Waals surface area (Å²) in [6.07, 6.45) is 3.64. The minimum atomic E-state index is -0.102. The molecule has 0 amide bonds. The molecule has 1 nitrogen and oxygen atoms in total. The SMILES string of the molecule is CCC1(CC)CCN(c2cccc(F)c2CBr)C1. The highest BCUT2D eigenvalue weighted by atomic mass is 79.9. The Bertz CT molecular complexity index is 415. The molecule has 1 aliphatic heterocycles. The lowest BCUT2D eigenvalue weighted by Crippen LogP contribution is -2.26. The Kier molecular flexibility index (Phi) is 4.31. The van der Waals surface area contributed by atoms with Gasteiger partial charge in [0.2, 0.25) is 0 Å². The van der Waals surface area contributed by atoms with Crippen molar-refractivity contribution in [3.63, 3.8) is 0 Å². The Morgan fingerprint density at radius 3 is 2.61 bits per heavy atom. The number of benzene rings is 1. The summed E-state index contributed by atoms with van der Waals surface area (Å²) in [5, 5.41) is 0.580. The van der Waals surface area contributed by atoms with E-state index in [0.717, 1.165) is 24.3 Å². The van der Waals surface area contributed by atoms with Crippen LogP contribution in [0.5, 0.6) is 0 Å². The first kappa shape index (κ1) is 13.9. The van der Waals surface area contributed by atoms with Crippen molar-refractivity contribution in [1.29, 1.82) is 0 Å². The van der Waals surface area contributed by atoms with Gasteiger partial charge in [-0.05, 0) is 36.8 Å². The maximum absolute atomic E-state index is 13.8. The van der Waals surface area contributed by atoms with Gasteiger partial charge >= 0.3 is 0 Å². The van der Waals surface area contributed by atoms with E-state index < -0.39 is 0 Å². The Hall–Kier alpha value is -0.570. The minimum Gasteiger partial charge on any atom is -0.371 e. The lowest BCUT2D eigenvalue weighted by molar-refractivity contribution is 0.301. The Morgan fingerprint density at radius 2 is 2.06 bits per heavy atom. The van der Waals surface area contributed by atoms with Crippen LogP contribution >= 0.6 is 15.9 Å². The maximum atomic E-state index is 13.8. The molecule has 0 radical (unpaired) electrons. The number of hydrogen-bond donors (Lipinski definition) is 0. The smallest absolute Gasteiger partial charge is 0.129 e. The van der Waals surface area contributed by atoms with E-state index >= 15 is 0 Å². The van der Waals surface area contributed by atoms with E-state index in [1.165, 1.54) is 19.3 Å². The molecule has 0 aliphatic carbocycles. The molecule has 1 aromatic rings. The highest BCUT2D eigenvalue weighted by molar-refractivity contribution is 9.08. The number of halogens is 2. The Morgan fingerprint density at radius 1 is 1.33 bits per heavy atom. The van der Waals surface area contributed by atoms with Crippen molar-refractivity contribution in [1.82, 2.24) is 0 Å². The highest BCUT2D eigenvalue weighted by Gasteiger charge is 2.35. The van der Waals surface area contributed by atoms with E-state index in [1.54, 1.807) is 6.07 Å². The quantitative estimate of drug-likeness (QED) is 0.726. The van der Waals surface area contributed by atoms with Crippen molar-refractivity contribution in [2.45, 2.75) is 38.4 Å². The highest BCUT2D eigenvalue weighted by Crippen LogP contribution is 2.40. The third kappa shape index (κ3) is 2.42. The molecule has 0 unspecified atom stereocenters. The van der Waals surface area contributed by atoms with Crippen LogP contribution in [-0.4, -0.2) is 13.1 Å². The fraction of sp³-hybridized carbons (Fsp3) is 0.600. The molecule has 1 aromatic carbocycles. The summed E-state index contributed by atoms with van der Waals surface area (Å²) >= 11 is 3.40. The van der Waals surface area contributed by atoms with Crippen molar-refractivity contribution in [3.05, 3.63) is 29.6 Å². The largest absolute Gasteiger partial charge is 0.371 e. The fourth-order valence-electron chi connectivity index (χ4n) is 2.94. The molecule has 0 spiro atoms. The van der Waals surface area contributed by atoms with Crippen molar-refractivity contribution < 1.29 is 4.39 Å². The molecular weight excluding hydrogens is 293 g/mol. The zero-order valence-corrected chi connectivity index (χ0v) is 12.8. The Balaban J connectivity index is 2.27. The maximum Gasteiger partial charge on any atom is 0.129 e. The van der Waals surface area contributed by atoms with Crippen LogP contribution in [0.2, 0.25) is 0 Å². The lowest BCUT2D eigenvalue weighted by Gasteiger charge is -2.28. The van der Waals surface area contributed by atoms with Crippen LogP contribution in [0, 0.1) is 11.2 Å². The van der Waals surface area contributed by atoms with E-state index in [-0.39, 0.29) is 5.82 Å². The first-order chi connectivity index (χ1) is 8.65. The van der Waals surface area contributed by atoms with Gasteiger partial charge in [-0.2, -0.15) is 0 Å². The zero-order valence-electron chi connectivity index (χ0n) is 11.2. The average molecular weight is 314 g/mol. The summed E-state index contributed by atoms with van der Waals surface area (Å²) < 4.78 is 13.8. The monoisotopic (exact) mass is 313 g/mol. The minimum absolute atomic E-state index is 0.102. The molecule has 1 fully saturated rings.